The maximum absolute atomic E-state index is 13.0. The van der Waals surface area contributed by atoms with E-state index < -0.39 is 0 Å². The van der Waals surface area contributed by atoms with E-state index in [0.717, 1.165) is 5.56 Å². The number of nitrogens with zero attached hydrogens (tertiary/aromatic N) is 3. The highest BCUT2D eigenvalue weighted by atomic mass is 19.1. The standard InChI is InChI=1S/C16H13FN4O/c1-11-6-7-19-15(8-11)20-16(22)14-9-18-10-21(14)13-4-2-12(17)3-5-13/h2-10H,1H3,(H,19,20,22). The third-order valence-electron chi connectivity index (χ3n) is 3.13. The van der Waals surface area contributed by atoms with E-state index in [1.54, 1.807) is 29.0 Å². The average molecular weight is 296 g/mol. The molecule has 110 valence electrons. The number of halogens is 1. The molecule has 2 aromatic heterocycles. The fourth-order valence-corrected chi connectivity index (χ4v) is 2.06. The first-order valence-corrected chi connectivity index (χ1v) is 6.66. The molecule has 6 heteroatoms. The first-order valence-electron chi connectivity index (χ1n) is 6.66. The van der Waals surface area contributed by atoms with Crippen LogP contribution in [-0.4, -0.2) is 20.4 Å². The SMILES string of the molecule is Cc1ccnc(NC(=O)c2cncn2-c2ccc(F)cc2)c1. The molecule has 22 heavy (non-hydrogen) atoms. The van der Waals surface area contributed by atoms with E-state index in [2.05, 4.69) is 15.3 Å². The quantitative estimate of drug-likeness (QED) is 0.808. The summed E-state index contributed by atoms with van der Waals surface area (Å²) < 4.78 is 14.6. The van der Waals surface area contributed by atoms with E-state index in [4.69, 9.17) is 0 Å². The van der Waals surface area contributed by atoms with Crippen LogP contribution in [0.1, 0.15) is 16.1 Å². The molecule has 1 amide bonds. The number of rotatable bonds is 3. The predicted octanol–water partition coefficient (Wildman–Crippen LogP) is 2.97. The molecular formula is C16H13FN4O. The Labute approximate surface area is 126 Å². The molecule has 0 unspecified atom stereocenters. The lowest BCUT2D eigenvalue weighted by Crippen LogP contribution is -2.16. The second kappa shape index (κ2) is 5.77. The Morgan fingerprint density at radius 1 is 1.23 bits per heavy atom. The van der Waals surface area contributed by atoms with Crippen LogP contribution in [0.25, 0.3) is 5.69 Å². The molecule has 1 N–H and O–H groups in total. The Morgan fingerprint density at radius 2 is 2.00 bits per heavy atom. The topological polar surface area (TPSA) is 59.8 Å². The van der Waals surface area contributed by atoms with Gasteiger partial charge < -0.3 is 5.32 Å². The predicted molar refractivity (Wildman–Crippen MR) is 80.4 cm³/mol. The zero-order chi connectivity index (χ0) is 15.5. The minimum Gasteiger partial charge on any atom is -0.305 e. The smallest absolute Gasteiger partial charge is 0.275 e. The van der Waals surface area contributed by atoms with Crippen LogP contribution in [0.2, 0.25) is 0 Å². The van der Waals surface area contributed by atoms with Crippen molar-refractivity contribution < 1.29 is 9.18 Å². The van der Waals surface area contributed by atoms with Gasteiger partial charge in [0.05, 0.1) is 12.5 Å². The van der Waals surface area contributed by atoms with Gasteiger partial charge in [0.2, 0.25) is 0 Å². The number of hydrogen-bond acceptors (Lipinski definition) is 3. The molecular weight excluding hydrogens is 283 g/mol. The average Bonchev–Trinajstić information content (AvgIpc) is 2.97. The molecule has 0 spiro atoms. The second-order valence-corrected chi connectivity index (χ2v) is 4.80. The molecule has 0 saturated heterocycles. The van der Waals surface area contributed by atoms with Gasteiger partial charge in [-0.1, -0.05) is 0 Å². The first-order chi connectivity index (χ1) is 10.6. The van der Waals surface area contributed by atoms with Crippen LogP contribution < -0.4 is 5.32 Å². The second-order valence-electron chi connectivity index (χ2n) is 4.80. The Balaban J connectivity index is 1.88. The van der Waals surface area contributed by atoms with E-state index >= 15 is 0 Å². The minimum absolute atomic E-state index is 0.333. The number of hydrogen-bond donors (Lipinski definition) is 1. The van der Waals surface area contributed by atoms with Crippen molar-refractivity contribution in [3.05, 3.63) is 72.2 Å². The van der Waals surface area contributed by atoms with E-state index in [9.17, 15) is 9.18 Å². The number of anilines is 1. The van der Waals surface area contributed by atoms with E-state index in [-0.39, 0.29) is 11.7 Å². The zero-order valence-electron chi connectivity index (χ0n) is 11.8. The van der Waals surface area contributed by atoms with Crippen molar-refractivity contribution in [1.82, 2.24) is 14.5 Å². The first kappa shape index (κ1) is 13.9. The van der Waals surface area contributed by atoms with Gasteiger partial charge in [0.25, 0.3) is 5.91 Å². The van der Waals surface area contributed by atoms with Crippen LogP contribution >= 0.6 is 0 Å². The molecule has 0 saturated carbocycles. The van der Waals surface area contributed by atoms with Crippen molar-refractivity contribution in [2.75, 3.05) is 5.32 Å². The summed E-state index contributed by atoms with van der Waals surface area (Å²) in [5.74, 6) is -0.199. The molecule has 0 bridgehead atoms. The molecule has 1 aromatic carbocycles. The Hall–Kier alpha value is -3.02. The van der Waals surface area contributed by atoms with Gasteiger partial charge in [0.15, 0.2) is 0 Å². The molecule has 0 atom stereocenters. The summed E-state index contributed by atoms with van der Waals surface area (Å²) in [4.78, 5) is 20.4. The summed E-state index contributed by atoms with van der Waals surface area (Å²) in [6.45, 7) is 1.92. The van der Waals surface area contributed by atoms with Crippen LogP contribution in [0.3, 0.4) is 0 Å². The van der Waals surface area contributed by atoms with Crippen LogP contribution in [0.15, 0.2) is 55.1 Å². The highest BCUT2D eigenvalue weighted by molar-refractivity contribution is 6.02. The zero-order valence-corrected chi connectivity index (χ0v) is 11.8. The summed E-state index contributed by atoms with van der Waals surface area (Å²) in [7, 11) is 0. The van der Waals surface area contributed by atoms with Gasteiger partial charge in [0.1, 0.15) is 17.3 Å². The summed E-state index contributed by atoms with van der Waals surface area (Å²) in [5.41, 5.74) is 1.99. The summed E-state index contributed by atoms with van der Waals surface area (Å²) in [5, 5.41) is 2.72. The van der Waals surface area contributed by atoms with Gasteiger partial charge in [-0.3, -0.25) is 9.36 Å². The molecule has 3 aromatic rings. The number of imidazole rings is 1. The third kappa shape index (κ3) is 2.85. The van der Waals surface area contributed by atoms with Crippen molar-refractivity contribution in [2.24, 2.45) is 0 Å². The monoisotopic (exact) mass is 296 g/mol. The Morgan fingerprint density at radius 3 is 2.73 bits per heavy atom. The molecule has 0 fully saturated rings. The van der Waals surface area contributed by atoms with Gasteiger partial charge in [-0.15, -0.1) is 0 Å². The number of benzene rings is 1. The van der Waals surface area contributed by atoms with Crippen LogP contribution in [0.5, 0.6) is 0 Å². The van der Waals surface area contributed by atoms with E-state index in [1.807, 2.05) is 13.0 Å². The summed E-state index contributed by atoms with van der Waals surface area (Å²) in [6.07, 6.45) is 4.59. The number of amides is 1. The van der Waals surface area contributed by atoms with Crippen LogP contribution in [-0.2, 0) is 0 Å². The van der Waals surface area contributed by atoms with Gasteiger partial charge in [-0.05, 0) is 48.9 Å². The maximum atomic E-state index is 13.0. The molecule has 0 radical (unpaired) electrons. The van der Waals surface area contributed by atoms with Crippen molar-refractivity contribution in [3.8, 4) is 5.69 Å². The van der Waals surface area contributed by atoms with Crippen molar-refractivity contribution in [2.45, 2.75) is 6.92 Å². The number of aromatic nitrogens is 3. The number of carbonyl (C=O) groups is 1. The lowest BCUT2D eigenvalue weighted by molar-refractivity contribution is 0.102. The van der Waals surface area contributed by atoms with Crippen LogP contribution in [0, 0.1) is 12.7 Å². The number of aryl methyl sites for hydroxylation is 1. The molecule has 3 rings (SSSR count). The maximum Gasteiger partial charge on any atom is 0.275 e. The highest BCUT2D eigenvalue weighted by Gasteiger charge is 2.14. The van der Waals surface area contributed by atoms with Crippen molar-refractivity contribution in [1.29, 1.82) is 0 Å². The third-order valence-corrected chi connectivity index (χ3v) is 3.13. The molecule has 0 aliphatic carbocycles. The Bertz CT molecular complexity index is 811. The number of pyridine rings is 1. The van der Waals surface area contributed by atoms with Gasteiger partial charge in [0, 0.05) is 11.9 Å². The normalized spacial score (nSPS) is 10.5. The van der Waals surface area contributed by atoms with E-state index in [0.29, 0.717) is 17.2 Å². The minimum atomic E-state index is -0.334. The van der Waals surface area contributed by atoms with Gasteiger partial charge >= 0.3 is 0 Å². The lowest BCUT2D eigenvalue weighted by Gasteiger charge is -2.08. The molecule has 0 aliphatic rings. The molecule has 5 nitrogen and oxygen atoms in total. The Kier molecular flexibility index (Phi) is 3.65. The van der Waals surface area contributed by atoms with Crippen LogP contribution in [0.4, 0.5) is 10.2 Å². The van der Waals surface area contributed by atoms with Crippen molar-refractivity contribution >= 4 is 11.7 Å². The summed E-state index contributed by atoms with van der Waals surface area (Å²) in [6, 6.07) is 9.45. The fraction of sp³-hybridized carbons (Fsp3) is 0.0625. The highest BCUT2D eigenvalue weighted by Crippen LogP contribution is 2.14. The number of nitrogens with one attached hydrogen (secondary N) is 1. The largest absolute Gasteiger partial charge is 0.305 e. The lowest BCUT2D eigenvalue weighted by atomic mass is 10.3. The molecule has 0 aliphatic heterocycles. The number of carbonyl (C=O) groups excluding carboxylic acids is 1. The van der Waals surface area contributed by atoms with Gasteiger partial charge in [-0.2, -0.15) is 0 Å². The van der Waals surface area contributed by atoms with E-state index in [1.165, 1.54) is 24.7 Å². The fourth-order valence-electron chi connectivity index (χ4n) is 2.06. The van der Waals surface area contributed by atoms with Crippen molar-refractivity contribution in [3.63, 3.8) is 0 Å². The summed E-state index contributed by atoms with van der Waals surface area (Å²) >= 11 is 0. The molecule has 2 heterocycles. The van der Waals surface area contributed by atoms with Gasteiger partial charge in [-0.25, -0.2) is 14.4 Å².